The zero-order chi connectivity index (χ0) is 19.6. The predicted octanol–water partition coefficient (Wildman–Crippen LogP) is 4.06. The highest BCUT2D eigenvalue weighted by molar-refractivity contribution is 5.94. The van der Waals surface area contributed by atoms with Crippen molar-refractivity contribution < 1.29 is 27.8 Å². The molecule has 0 aliphatic heterocycles. The lowest BCUT2D eigenvalue weighted by Crippen LogP contribution is -2.25. The van der Waals surface area contributed by atoms with Crippen LogP contribution in [0.5, 0.6) is 17.2 Å². The zero-order valence-corrected chi connectivity index (χ0v) is 15.3. The number of rotatable bonds is 10. The molecule has 0 bridgehead atoms. The molecule has 0 spiro atoms. The van der Waals surface area contributed by atoms with Crippen LogP contribution in [-0.4, -0.2) is 32.8 Å². The van der Waals surface area contributed by atoms with Crippen molar-refractivity contribution in [3.63, 3.8) is 0 Å². The highest BCUT2D eigenvalue weighted by Crippen LogP contribution is 2.29. The fraction of sp³-hybridized carbons (Fsp3) is 0.350. The van der Waals surface area contributed by atoms with E-state index in [0.29, 0.717) is 30.9 Å². The van der Waals surface area contributed by atoms with Gasteiger partial charge in [0.05, 0.1) is 13.7 Å². The van der Waals surface area contributed by atoms with Gasteiger partial charge in [-0.2, -0.15) is 8.78 Å². The summed E-state index contributed by atoms with van der Waals surface area (Å²) in [7, 11) is 1.38. The van der Waals surface area contributed by atoms with E-state index in [9.17, 15) is 13.6 Å². The van der Waals surface area contributed by atoms with E-state index in [2.05, 4.69) is 10.1 Å². The molecule has 0 aliphatic carbocycles. The smallest absolute Gasteiger partial charge is 0.387 e. The Bertz CT molecular complexity index is 753. The molecule has 0 unspecified atom stereocenters. The van der Waals surface area contributed by atoms with E-state index in [4.69, 9.17) is 9.47 Å². The fourth-order valence-electron chi connectivity index (χ4n) is 2.43. The third-order valence-corrected chi connectivity index (χ3v) is 3.71. The van der Waals surface area contributed by atoms with Crippen LogP contribution in [0.3, 0.4) is 0 Å². The van der Waals surface area contributed by atoms with Crippen molar-refractivity contribution in [1.82, 2.24) is 5.32 Å². The molecule has 146 valence electrons. The molecule has 0 atom stereocenters. The monoisotopic (exact) mass is 379 g/mol. The Hall–Kier alpha value is -2.83. The molecule has 0 saturated heterocycles. The van der Waals surface area contributed by atoms with Crippen LogP contribution in [0, 0.1) is 0 Å². The maximum atomic E-state index is 12.5. The average Bonchev–Trinajstić information content (AvgIpc) is 2.66. The zero-order valence-electron chi connectivity index (χ0n) is 15.3. The van der Waals surface area contributed by atoms with Gasteiger partial charge in [-0.25, -0.2) is 0 Å². The molecule has 2 rings (SSSR count). The van der Waals surface area contributed by atoms with Crippen LogP contribution in [0.4, 0.5) is 8.78 Å². The van der Waals surface area contributed by atoms with E-state index in [1.807, 2.05) is 6.92 Å². The van der Waals surface area contributed by atoms with Gasteiger partial charge in [0.25, 0.3) is 5.91 Å². The normalized spacial score (nSPS) is 10.6. The standard InChI is InChI=1S/C20H23F2NO4/c1-3-11-26-16-6-4-5-15(13-16)19(24)23-10-9-14-7-8-17(25-2)18(12-14)27-20(21)22/h4-8,12-13,20H,3,9-11H2,1-2H3,(H,23,24). The van der Waals surface area contributed by atoms with Gasteiger partial charge in [0.1, 0.15) is 5.75 Å². The first-order valence-electron chi connectivity index (χ1n) is 8.66. The third kappa shape index (κ3) is 6.44. The van der Waals surface area contributed by atoms with Gasteiger partial charge in [-0.05, 0) is 48.7 Å². The molecule has 7 heteroatoms. The van der Waals surface area contributed by atoms with E-state index in [0.717, 1.165) is 12.0 Å². The van der Waals surface area contributed by atoms with Gasteiger partial charge in [0, 0.05) is 12.1 Å². The molecule has 0 aliphatic rings. The maximum Gasteiger partial charge on any atom is 0.387 e. The second kappa shape index (κ2) is 10.4. The molecule has 1 N–H and O–H groups in total. The second-order valence-electron chi connectivity index (χ2n) is 5.75. The molecular weight excluding hydrogens is 356 g/mol. The van der Waals surface area contributed by atoms with Crippen LogP contribution in [-0.2, 0) is 6.42 Å². The minimum absolute atomic E-state index is 0.0305. The lowest BCUT2D eigenvalue weighted by Gasteiger charge is -2.12. The summed E-state index contributed by atoms with van der Waals surface area (Å²) in [4.78, 5) is 12.3. The quantitative estimate of drug-likeness (QED) is 0.676. The van der Waals surface area contributed by atoms with Gasteiger partial charge in [-0.3, -0.25) is 4.79 Å². The van der Waals surface area contributed by atoms with E-state index in [1.165, 1.54) is 13.2 Å². The molecule has 1 amide bonds. The number of methoxy groups -OCH3 is 1. The molecule has 27 heavy (non-hydrogen) atoms. The Labute approximate surface area is 157 Å². The molecule has 0 radical (unpaired) electrons. The summed E-state index contributed by atoms with van der Waals surface area (Å²) in [5.74, 6) is 0.618. The summed E-state index contributed by atoms with van der Waals surface area (Å²) in [5.41, 5.74) is 1.24. The van der Waals surface area contributed by atoms with Gasteiger partial charge in [-0.1, -0.05) is 19.1 Å². The SMILES string of the molecule is CCCOc1cccc(C(=O)NCCc2ccc(OC)c(OC(F)F)c2)c1. The Morgan fingerprint density at radius 1 is 1.15 bits per heavy atom. The highest BCUT2D eigenvalue weighted by Gasteiger charge is 2.12. The van der Waals surface area contributed by atoms with Crippen LogP contribution < -0.4 is 19.5 Å². The molecule has 0 fully saturated rings. The van der Waals surface area contributed by atoms with Crippen LogP contribution in [0.2, 0.25) is 0 Å². The number of amides is 1. The number of benzene rings is 2. The Balaban J connectivity index is 1.93. The molecule has 0 saturated carbocycles. The summed E-state index contributed by atoms with van der Waals surface area (Å²) >= 11 is 0. The summed E-state index contributed by atoms with van der Waals surface area (Å²) in [6.45, 7) is 0.00863. The lowest BCUT2D eigenvalue weighted by atomic mass is 10.1. The van der Waals surface area contributed by atoms with E-state index in [-0.39, 0.29) is 17.4 Å². The Kier molecular flexibility index (Phi) is 7.85. The van der Waals surface area contributed by atoms with E-state index >= 15 is 0 Å². The minimum Gasteiger partial charge on any atom is -0.494 e. The van der Waals surface area contributed by atoms with Crippen molar-refractivity contribution in [1.29, 1.82) is 0 Å². The average molecular weight is 379 g/mol. The van der Waals surface area contributed by atoms with Crippen molar-refractivity contribution in [2.24, 2.45) is 0 Å². The molecule has 5 nitrogen and oxygen atoms in total. The van der Waals surface area contributed by atoms with Crippen LogP contribution in [0.1, 0.15) is 29.3 Å². The van der Waals surface area contributed by atoms with Gasteiger partial charge in [0.15, 0.2) is 11.5 Å². The largest absolute Gasteiger partial charge is 0.494 e. The topological polar surface area (TPSA) is 56.8 Å². The number of hydrogen-bond donors (Lipinski definition) is 1. The van der Waals surface area contributed by atoms with Crippen molar-refractivity contribution in [2.45, 2.75) is 26.4 Å². The van der Waals surface area contributed by atoms with Gasteiger partial charge in [-0.15, -0.1) is 0 Å². The van der Waals surface area contributed by atoms with Gasteiger partial charge in [0.2, 0.25) is 0 Å². The minimum atomic E-state index is -2.93. The van der Waals surface area contributed by atoms with Crippen LogP contribution in [0.15, 0.2) is 42.5 Å². The predicted molar refractivity (Wildman–Crippen MR) is 97.9 cm³/mol. The molecule has 0 aromatic heterocycles. The summed E-state index contributed by atoms with van der Waals surface area (Å²) in [6.07, 6.45) is 1.34. The first-order valence-corrected chi connectivity index (χ1v) is 8.66. The number of carbonyl (C=O) groups is 1. The van der Waals surface area contributed by atoms with E-state index < -0.39 is 6.61 Å². The fourth-order valence-corrected chi connectivity index (χ4v) is 2.43. The summed E-state index contributed by atoms with van der Waals surface area (Å²) < 4.78 is 39.9. The number of carbonyl (C=O) groups excluding carboxylic acids is 1. The number of alkyl halides is 2. The lowest BCUT2D eigenvalue weighted by molar-refractivity contribution is -0.0512. The van der Waals surface area contributed by atoms with Gasteiger partial charge < -0.3 is 19.5 Å². The van der Waals surface area contributed by atoms with Crippen LogP contribution in [0.25, 0.3) is 0 Å². The molecule has 2 aromatic carbocycles. The van der Waals surface area contributed by atoms with Crippen molar-refractivity contribution in [2.75, 3.05) is 20.3 Å². The summed E-state index contributed by atoms with van der Waals surface area (Å²) in [6, 6.07) is 11.7. The molecular formula is C20H23F2NO4. The maximum absolute atomic E-state index is 12.5. The number of hydrogen-bond acceptors (Lipinski definition) is 4. The number of halogens is 2. The Morgan fingerprint density at radius 2 is 1.96 bits per heavy atom. The number of nitrogens with one attached hydrogen (secondary N) is 1. The van der Waals surface area contributed by atoms with Gasteiger partial charge >= 0.3 is 6.61 Å². The number of ether oxygens (including phenoxy) is 3. The molecule has 2 aromatic rings. The Morgan fingerprint density at radius 3 is 2.67 bits per heavy atom. The van der Waals surface area contributed by atoms with Crippen LogP contribution >= 0.6 is 0 Å². The summed E-state index contributed by atoms with van der Waals surface area (Å²) in [5, 5.41) is 2.80. The van der Waals surface area contributed by atoms with Crippen molar-refractivity contribution in [3.8, 4) is 17.2 Å². The highest BCUT2D eigenvalue weighted by atomic mass is 19.3. The van der Waals surface area contributed by atoms with E-state index in [1.54, 1.807) is 36.4 Å². The second-order valence-corrected chi connectivity index (χ2v) is 5.75. The van der Waals surface area contributed by atoms with Crippen molar-refractivity contribution in [3.05, 3.63) is 53.6 Å². The van der Waals surface area contributed by atoms with Crippen molar-refractivity contribution >= 4 is 5.91 Å². The first kappa shape index (κ1) is 20.5. The molecule has 0 heterocycles. The third-order valence-electron chi connectivity index (χ3n) is 3.71. The first-order chi connectivity index (χ1) is 13.0.